The number of amides is 1. The van der Waals surface area contributed by atoms with Crippen molar-refractivity contribution in [3.8, 4) is 0 Å². The second-order valence-corrected chi connectivity index (χ2v) is 6.95. The number of carbonyl (C=O) groups is 2. The van der Waals surface area contributed by atoms with Crippen molar-refractivity contribution < 1.29 is 14.7 Å². The summed E-state index contributed by atoms with van der Waals surface area (Å²) in [5.41, 5.74) is 2.63. The highest BCUT2D eigenvalue weighted by molar-refractivity contribution is 9.10. The number of nitrogens with zero attached hydrogens (tertiary/aromatic N) is 4. The second-order valence-electron chi connectivity index (χ2n) is 6.10. The van der Waals surface area contributed by atoms with Crippen LogP contribution >= 0.6 is 15.9 Å². The van der Waals surface area contributed by atoms with Gasteiger partial charge in [0.2, 0.25) is 0 Å². The largest absolute Gasteiger partial charge is 0.481 e. The highest BCUT2D eigenvalue weighted by Crippen LogP contribution is 2.21. The number of aryl methyl sites for hydroxylation is 2. The lowest BCUT2D eigenvalue weighted by Crippen LogP contribution is -2.12. The number of hydrogen-bond donors (Lipinski definition) is 2. The van der Waals surface area contributed by atoms with Crippen molar-refractivity contribution in [3.05, 3.63) is 64.0 Å². The maximum absolute atomic E-state index is 12.4. The molecule has 0 saturated carbocycles. The molecule has 0 radical (unpaired) electrons. The Bertz CT molecular complexity index is 962. The Hall–Kier alpha value is -2.94. The van der Waals surface area contributed by atoms with Crippen LogP contribution in [-0.4, -0.2) is 36.5 Å². The molecule has 3 aromatic rings. The predicted octanol–water partition coefficient (Wildman–Crippen LogP) is 2.93. The number of benzene rings is 1. The topological polar surface area (TPSA) is 102 Å². The quantitative estimate of drug-likeness (QED) is 0.598. The SMILES string of the molecule is Cc1ccc(Cn2cc(Br)c(NC(=O)c3cnn(CCC(=O)O)c3)n2)cc1. The van der Waals surface area contributed by atoms with Gasteiger partial charge in [-0.1, -0.05) is 29.8 Å². The van der Waals surface area contributed by atoms with Gasteiger partial charge < -0.3 is 10.4 Å². The van der Waals surface area contributed by atoms with Gasteiger partial charge in [0, 0.05) is 12.4 Å². The van der Waals surface area contributed by atoms with Crippen LogP contribution in [0.5, 0.6) is 0 Å². The van der Waals surface area contributed by atoms with E-state index in [1.807, 2.05) is 31.2 Å². The van der Waals surface area contributed by atoms with Crippen LogP contribution < -0.4 is 5.32 Å². The van der Waals surface area contributed by atoms with Crippen molar-refractivity contribution in [2.45, 2.75) is 26.4 Å². The smallest absolute Gasteiger partial charge is 0.305 e. The van der Waals surface area contributed by atoms with Crippen LogP contribution in [0.3, 0.4) is 0 Å². The van der Waals surface area contributed by atoms with Crippen molar-refractivity contribution in [1.29, 1.82) is 0 Å². The zero-order valence-corrected chi connectivity index (χ0v) is 16.2. The van der Waals surface area contributed by atoms with Gasteiger partial charge in [-0.15, -0.1) is 0 Å². The summed E-state index contributed by atoms with van der Waals surface area (Å²) in [6.45, 7) is 2.82. The Morgan fingerprint density at radius 3 is 2.63 bits per heavy atom. The molecule has 0 aliphatic rings. The number of nitrogens with one attached hydrogen (secondary N) is 1. The molecule has 2 heterocycles. The summed E-state index contributed by atoms with van der Waals surface area (Å²) >= 11 is 3.41. The van der Waals surface area contributed by atoms with E-state index in [0.29, 0.717) is 22.4 Å². The van der Waals surface area contributed by atoms with Gasteiger partial charge in [-0.25, -0.2) is 0 Å². The standard InChI is InChI=1S/C18H18BrN5O3/c1-12-2-4-13(5-3-12)9-24-11-15(19)17(22-24)21-18(27)14-8-20-23(10-14)7-6-16(25)26/h2-5,8,10-11H,6-7,9H2,1H3,(H,25,26)(H,21,22,27). The van der Waals surface area contributed by atoms with Gasteiger partial charge in [0.05, 0.1) is 35.7 Å². The van der Waals surface area contributed by atoms with E-state index in [-0.39, 0.29) is 18.9 Å². The third-order valence-electron chi connectivity index (χ3n) is 3.86. The van der Waals surface area contributed by atoms with E-state index in [1.54, 1.807) is 10.9 Å². The Morgan fingerprint density at radius 1 is 1.19 bits per heavy atom. The second kappa shape index (κ2) is 8.17. The molecule has 0 atom stereocenters. The van der Waals surface area contributed by atoms with E-state index < -0.39 is 5.97 Å². The van der Waals surface area contributed by atoms with Gasteiger partial charge >= 0.3 is 5.97 Å². The fourth-order valence-electron chi connectivity index (χ4n) is 2.44. The third kappa shape index (κ3) is 5.04. The molecular weight excluding hydrogens is 414 g/mol. The molecular formula is C18H18BrN5O3. The van der Waals surface area contributed by atoms with Crippen molar-refractivity contribution >= 4 is 33.6 Å². The van der Waals surface area contributed by atoms with Crippen LogP contribution in [0, 0.1) is 6.92 Å². The summed E-state index contributed by atoms with van der Waals surface area (Å²) in [5.74, 6) is -0.872. The fraction of sp³-hybridized carbons (Fsp3) is 0.222. The van der Waals surface area contributed by atoms with Crippen molar-refractivity contribution in [2.75, 3.05) is 5.32 Å². The number of carbonyl (C=O) groups excluding carboxylic acids is 1. The number of aromatic nitrogens is 4. The monoisotopic (exact) mass is 431 g/mol. The van der Waals surface area contributed by atoms with E-state index in [9.17, 15) is 9.59 Å². The molecule has 2 N–H and O–H groups in total. The Morgan fingerprint density at radius 2 is 1.93 bits per heavy atom. The van der Waals surface area contributed by atoms with Gasteiger partial charge in [0.1, 0.15) is 0 Å². The van der Waals surface area contributed by atoms with Crippen LogP contribution in [0.2, 0.25) is 0 Å². The molecule has 2 aromatic heterocycles. The molecule has 140 valence electrons. The highest BCUT2D eigenvalue weighted by Gasteiger charge is 2.14. The molecule has 1 amide bonds. The first kappa shape index (κ1) is 18.8. The van der Waals surface area contributed by atoms with Crippen LogP contribution in [0.4, 0.5) is 5.82 Å². The minimum atomic E-state index is -0.917. The minimum Gasteiger partial charge on any atom is -0.481 e. The fourth-order valence-corrected chi connectivity index (χ4v) is 2.85. The van der Waals surface area contributed by atoms with Gasteiger partial charge in [0.25, 0.3) is 5.91 Å². The van der Waals surface area contributed by atoms with Crippen LogP contribution in [-0.2, 0) is 17.9 Å². The average molecular weight is 432 g/mol. The lowest BCUT2D eigenvalue weighted by atomic mass is 10.1. The molecule has 0 saturated heterocycles. The molecule has 0 fully saturated rings. The summed E-state index contributed by atoms with van der Waals surface area (Å²) in [5, 5.41) is 19.8. The number of rotatable bonds is 7. The summed E-state index contributed by atoms with van der Waals surface area (Å²) in [7, 11) is 0. The molecule has 0 unspecified atom stereocenters. The third-order valence-corrected chi connectivity index (χ3v) is 4.44. The molecule has 1 aromatic carbocycles. The minimum absolute atomic E-state index is 0.0578. The summed E-state index contributed by atoms with van der Waals surface area (Å²) in [6, 6.07) is 8.15. The Balaban J connectivity index is 1.65. The van der Waals surface area contributed by atoms with E-state index in [0.717, 1.165) is 5.56 Å². The number of anilines is 1. The van der Waals surface area contributed by atoms with Crippen molar-refractivity contribution in [2.24, 2.45) is 0 Å². The predicted molar refractivity (Wildman–Crippen MR) is 103 cm³/mol. The van der Waals surface area contributed by atoms with Crippen molar-refractivity contribution in [3.63, 3.8) is 0 Å². The zero-order chi connectivity index (χ0) is 19.4. The highest BCUT2D eigenvalue weighted by atomic mass is 79.9. The molecule has 8 nitrogen and oxygen atoms in total. The first-order chi connectivity index (χ1) is 12.9. The molecule has 9 heteroatoms. The molecule has 27 heavy (non-hydrogen) atoms. The first-order valence-corrected chi connectivity index (χ1v) is 9.04. The summed E-state index contributed by atoms with van der Waals surface area (Å²) in [6.07, 6.45) is 4.65. The molecule has 0 aliphatic carbocycles. The maximum Gasteiger partial charge on any atom is 0.305 e. The number of aliphatic carboxylic acids is 1. The molecule has 0 bridgehead atoms. The zero-order valence-electron chi connectivity index (χ0n) is 14.6. The Kier molecular flexibility index (Phi) is 5.70. The van der Waals surface area contributed by atoms with Crippen LogP contribution in [0.1, 0.15) is 27.9 Å². The molecule has 3 rings (SSSR count). The number of carboxylic acid groups (broad SMARTS) is 1. The maximum atomic E-state index is 12.4. The first-order valence-electron chi connectivity index (χ1n) is 8.25. The van der Waals surface area contributed by atoms with Gasteiger partial charge in [-0.3, -0.25) is 19.0 Å². The Labute approximate surface area is 163 Å². The summed E-state index contributed by atoms with van der Waals surface area (Å²) < 4.78 is 3.83. The molecule has 0 spiro atoms. The van der Waals surface area contributed by atoms with Gasteiger partial charge in [-0.2, -0.15) is 10.2 Å². The van der Waals surface area contributed by atoms with Gasteiger partial charge in [0.15, 0.2) is 5.82 Å². The lowest BCUT2D eigenvalue weighted by molar-refractivity contribution is -0.137. The normalized spacial score (nSPS) is 10.7. The van der Waals surface area contributed by atoms with E-state index in [4.69, 9.17) is 5.11 Å². The van der Waals surface area contributed by atoms with Crippen LogP contribution in [0.25, 0.3) is 0 Å². The number of carboxylic acids is 1. The van der Waals surface area contributed by atoms with Crippen LogP contribution in [0.15, 0.2) is 47.3 Å². The summed E-state index contributed by atoms with van der Waals surface area (Å²) in [4.78, 5) is 23.0. The average Bonchev–Trinajstić information content (AvgIpc) is 3.22. The molecule has 0 aliphatic heterocycles. The van der Waals surface area contributed by atoms with E-state index in [1.165, 1.54) is 22.6 Å². The van der Waals surface area contributed by atoms with E-state index in [2.05, 4.69) is 31.4 Å². The number of hydrogen-bond acceptors (Lipinski definition) is 4. The van der Waals surface area contributed by atoms with Gasteiger partial charge in [-0.05, 0) is 28.4 Å². The lowest BCUT2D eigenvalue weighted by Gasteiger charge is -2.03. The number of halogens is 1. The van der Waals surface area contributed by atoms with Crippen molar-refractivity contribution in [1.82, 2.24) is 19.6 Å². The van der Waals surface area contributed by atoms with E-state index >= 15 is 0 Å².